The summed E-state index contributed by atoms with van der Waals surface area (Å²) in [4.78, 5) is 12.3. The average Bonchev–Trinajstić information content (AvgIpc) is 2.89. The van der Waals surface area contributed by atoms with Crippen molar-refractivity contribution in [2.24, 2.45) is 0 Å². The first-order valence-corrected chi connectivity index (χ1v) is 8.05. The van der Waals surface area contributed by atoms with E-state index < -0.39 is 0 Å². The molecule has 102 valence electrons. The molecule has 0 bridgehead atoms. The lowest BCUT2D eigenvalue weighted by Gasteiger charge is -2.11. The normalized spacial score (nSPS) is 16.8. The van der Waals surface area contributed by atoms with Gasteiger partial charge < -0.3 is 4.74 Å². The summed E-state index contributed by atoms with van der Waals surface area (Å²) in [7, 11) is 0. The highest BCUT2D eigenvalue weighted by Crippen LogP contribution is 2.37. The van der Waals surface area contributed by atoms with Crippen LogP contribution < -0.4 is 4.74 Å². The predicted molar refractivity (Wildman–Crippen MR) is 84.8 cm³/mol. The fraction of sp³-hybridized carbons (Fsp3) is 0.188. The van der Waals surface area contributed by atoms with E-state index in [9.17, 15) is 4.79 Å². The van der Waals surface area contributed by atoms with Crippen molar-refractivity contribution in [1.82, 2.24) is 0 Å². The van der Waals surface area contributed by atoms with Crippen molar-refractivity contribution in [1.29, 1.82) is 0 Å². The van der Waals surface area contributed by atoms with Gasteiger partial charge in [-0.3, -0.25) is 4.79 Å². The Labute approximate surface area is 130 Å². The molecule has 0 radical (unpaired) electrons. The first-order chi connectivity index (χ1) is 9.76. The molecule has 0 fully saturated rings. The molecule has 1 aliphatic rings. The van der Waals surface area contributed by atoms with Gasteiger partial charge in [-0.15, -0.1) is 11.8 Å². The maximum absolute atomic E-state index is 10.9. The van der Waals surface area contributed by atoms with Crippen LogP contribution in [0.1, 0.15) is 15.9 Å². The Balaban J connectivity index is 1.63. The van der Waals surface area contributed by atoms with E-state index in [1.807, 2.05) is 23.9 Å². The number of fused-ring (bicyclic) bond motifs is 1. The zero-order valence-electron chi connectivity index (χ0n) is 10.7. The standard InChI is InChI=1S/C16H13BrO2S/c17-15-6-5-13(7-12(15)9-18)19-10-14-8-11-3-1-2-4-16(11)20-14/h1-7,9,14H,8,10H2. The molecule has 2 nitrogen and oxygen atoms in total. The van der Waals surface area contributed by atoms with E-state index in [1.54, 1.807) is 6.07 Å². The second-order valence-electron chi connectivity index (χ2n) is 4.66. The fourth-order valence-corrected chi connectivity index (χ4v) is 3.80. The van der Waals surface area contributed by atoms with Gasteiger partial charge in [0.15, 0.2) is 6.29 Å². The molecule has 20 heavy (non-hydrogen) atoms. The largest absolute Gasteiger partial charge is 0.492 e. The molecule has 0 saturated carbocycles. The summed E-state index contributed by atoms with van der Waals surface area (Å²) in [6, 6.07) is 14.0. The van der Waals surface area contributed by atoms with Crippen molar-refractivity contribution in [3.05, 3.63) is 58.1 Å². The third kappa shape index (κ3) is 2.91. The lowest BCUT2D eigenvalue weighted by molar-refractivity contribution is 0.112. The van der Waals surface area contributed by atoms with Crippen LogP contribution in [0.15, 0.2) is 51.8 Å². The second kappa shape index (κ2) is 6.02. The molecule has 0 amide bonds. The van der Waals surface area contributed by atoms with Gasteiger partial charge in [0.05, 0.1) is 0 Å². The molecule has 2 aromatic carbocycles. The Morgan fingerprint density at radius 1 is 1.30 bits per heavy atom. The highest BCUT2D eigenvalue weighted by atomic mass is 79.9. The van der Waals surface area contributed by atoms with Crippen molar-refractivity contribution in [2.75, 3.05) is 6.61 Å². The van der Waals surface area contributed by atoms with Gasteiger partial charge in [0, 0.05) is 20.2 Å². The van der Waals surface area contributed by atoms with E-state index in [1.165, 1.54) is 10.5 Å². The highest BCUT2D eigenvalue weighted by Gasteiger charge is 2.22. The van der Waals surface area contributed by atoms with Gasteiger partial charge in [-0.1, -0.05) is 34.1 Å². The third-order valence-corrected chi connectivity index (χ3v) is 5.25. The zero-order valence-corrected chi connectivity index (χ0v) is 13.1. The van der Waals surface area contributed by atoms with E-state index in [-0.39, 0.29) is 0 Å². The minimum atomic E-state index is 0.440. The lowest BCUT2D eigenvalue weighted by atomic mass is 10.1. The van der Waals surface area contributed by atoms with E-state index in [0.717, 1.165) is 22.9 Å². The molecular weight excluding hydrogens is 336 g/mol. The number of benzene rings is 2. The number of ether oxygens (including phenoxy) is 1. The molecule has 1 aliphatic heterocycles. The van der Waals surface area contributed by atoms with Crippen molar-refractivity contribution in [3.8, 4) is 5.75 Å². The number of thioether (sulfide) groups is 1. The van der Waals surface area contributed by atoms with Crippen LogP contribution in [0.5, 0.6) is 5.75 Å². The molecule has 0 aromatic heterocycles. The number of carbonyl (C=O) groups excluding carboxylic acids is 1. The molecule has 1 unspecified atom stereocenters. The van der Waals surface area contributed by atoms with Gasteiger partial charge in [0.2, 0.25) is 0 Å². The molecule has 3 rings (SSSR count). The summed E-state index contributed by atoms with van der Waals surface area (Å²) in [6.45, 7) is 0.652. The Bertz CT molecular complexity index is 617. The van der Waals surface area contributed by atoms with Gasteiger partial charge in [0.25, 0.3) is 0 Å². The van der Waals surface area contributed by atoms with Crippen molar-refractivity contribution < 1.29 is 9.53 Å². The Morgan fingerprint density at radius 2 is 2.15 bits per heavy atom. The molecule has 0 saturated heterocycles. The third-order valence-electron chi connectivity index (χ3n) is 3.24. The number of aldehydes is 1. The molecule has 0 N–H and O–H groups in total. The maximum Gasteiger partial charge on any atom is 0.151 e. The summed E-state index contributed by atoms with van der Waals surface area (Å²) < 4.78 is 6.61. The smallest absolute Gasteiger partial charge is 0.151 e. The van der Waals surface area contributed by atoms with Gasteiger partial charge in [-0.25, -0.2) is 0 Å². The molecule has 0 spiro atoms. The van der Waals surface area contributed by atoms with E-state index in [0.29, 0.717) is 17.4 Å². The van der Waals surface area contributed by atoms with Crippen LogP contribution in [0.2, 0.25) is 0 Å². The van der Waals surface area contributed by atoms with Crippen molar-refractivity contribution >= 4 is 34.0 Å². The van der Waals surface area contributed by atoms with Gasteiger partial charge in [-0.2, -0.15) is 0 Å². The summed E-state index contributed by atoms with van der Waals surface area (Å²) in [5.74, 6) is 0.742. The van der Waals surface area contributed by atoms with Crippen LogP contribution in [0, 0.1) is 0 Å². The number of hydrogen-bond donors (Lipinski definition) is 0. The number of rotatable bonds is 4. The van der Waals surface area contributed by atoms with Gasteiger partial charge in [0.1, 0.15) is 12.4 Å². The number of carbonyl (C=O) groups is 1. The predicted octanol–water partition coefficient (Wildman–Crippen LogP) is 4.36. The molecule has 4 heteroatoms. The Hall–Kier alpha value is -1.26. The number of hydrogen-bond acceptors (Lipinski definition) is 3. The van der Waals surface area contributed by atoms with Crippen molar-refractivity contribution in [2.45, 2.75) is 16.6 Å². The maximum atomic E-state index is 10.9. The summed E-state index contributed by atoms with van der Waals surface area (Å²) in [6.07, 6.45) is 1.87. The molecule has 1 heterocycles. The van der Waals surface area contributed by atoms with E-state index in [4.69, 9.17) is 4.74 Å². The SMILES string of the molecule is O=Cc1cc(OCC2Cc3ccccc3S2)ccc1Br. The second-order valence-corrected chi connectivity index (χ2v) is 6.86. The summed E-state index contributed by atoms with van der Waals surface area (Å²) >= 11 is 5.20. The molecule has 1 atom stereocenters. The summed E-state index contributed by atoms with van der Waals surface area (Å²) in [5, 5.41) is 0.440. The van der Waals surface area contributed by atoms with Crippen LogP contribution in [-0.2, 0) is 6.42 Å². The van der Waals surface area contributed by atoms with E-state index in [2.05, 4.69) is 40.2 Å². The fourth-order valence-electron chi connectivity index (χ4n) is 2.24. The first-order valence-electron chi connectivity index (χ1n) is 6.38. The van der Waals surface area contributed by atoms with Gasteiger partial charge >= 0.3 is 0 Å². The van der Waals surface area contributed by atoms with Crippen LogP contribution in [0.25, 0.3) is 0 Å². The highest BCUT2D eigenvalue weighted by molar-refractivity contribution is 9.10. The van der Waals surface area contributed by atoms with E-state index >= 15 is 0 Å². The molecular formula is C16H13BrO2S. The lowest BCUT2D eigenvalue weighted by Crippen LogP contribution is -2.13. The van der Waals surface area contributed by atoms with Crippen LogP contribution in [-0.4, -0.2) is 18.1 Å². The van der Waals surface area contributed by atoms with Crippen LogP contribution in [0.3, 0.4) is 0 Å². The summed E-state index contributed by atoms with van der Waals surface area (Å²) in [5.41, 5.74) is 2.01. The quantitative estimate of drug-likeness (QED) is 0.768. The Morgan fingerprint density at radius 3 is 2.95 bits per heavy atom. The monoisotopic (exact) mass is 348 g/mol. The Kier molecular flexibility index (Phi) is 4.13. The van der Waals surface area contributed by atoms with Crippen LogP contribution in [0.4, 0.5) is 0 Å². The number of halogens is 1. The zero-order chi connectivity index (χ0) is 13.9. The van der Waals surface area contributed by atoms with Crippen LogP contribution >= 0.6 is 27.7 Å². The minimum Gasteiger partial charge on any atom is -0.492 e. The average molecular weight is 349 g/mol. The van der Waals surface area contributed by atoms with Gasteiger partial charge in [-0.05, 0) is 36.2 Å². The first kappa shape index (κ1) is 13.7. The minimum absolute atomic E-state index is 0.440. The molecule has 2 aromatic rings. The van der Waals surface area contributed by atoms with Crippen molar-refractivity contribution in [3.63, 3.8) is 0 Å². The topological polar surface area (TPSA) is 26.3 Å². The molecule has 0 aliphatic carbocycles.